The highest BCUT2D eigenvalue weighted by molar-refractivity contribution is 5.87. The van der Waals surface area contributed by atoms with Crippen molar-refractivity contribution in [1.29, 1.82) is 0 Å². The van der Waals surface area contributed by atoms with Gasteiger partial charge >= 0.3 is 12.1 Å². The van der Waals surface area contributed by atoms with Gasteiger partial charge in [0.05, 0.1) is 12.3 Å². The first-order chi connectivity index (χ1) is 10.3. The monoisotopic (exact) mass is 312 g/mol. The van der Waals surface area contributed by atoms with Crippen molar-refractivity contribution < 1.29 is 22.7 Å². The SMILES string of the molecule is CCOC(=O)[C@@](N)(Cc1nccc2ccccc12)C(F)(F)F. The van der Waals surface area contributed by atoms with Crippen molar-refractivity contribution in [3.8, 4) is 0 Å². The number of hydrogen-bond acceptors (Lipinski definition) is 4. The molecule has 0 saturated carbocycles. The van der Waals surface area contributed by atoms with E-state index in [4.69, 9.17) is 5.73 Å². The summed E-state index contributed by atoms with van der Waals surface area (Å²) in [5.74, 6) is -1.50. The van der Waals surface area contributed by atoms with Gasteiger partial charge in [-0.15, -0.1) is 0 Å². The van der Waals surface area contributed by atoms with Crippen molar-refractivity contribution in [3.63, 3.8) is 0 Å². The van der Waals surface area contributed by atoms with E-state index in [0.29, 0.717) is 5.39 Å². The molecule has 2 N–H and O–H groups in total. The van der Waals surface area contributed by atoms with Gasteiger partial charge in [-0.3, -0.25) is 4.98 Å². The summed E-state index contributed by atoms with van der Waals surface area (Å²) in [5.41, 5.74) is 2.37. The molecule has 1 aromatic carbocycles. The van der Waals surface area contributed by atoms with Crippen LogP contribution in [0.2, 0.25) is 0 Å². The second kappa shape index (κ2) is 5.92. The van der Waals surface area contributed by atoms with Gasteiger partial charge in [0.1, 0.15) is 0 Å². The maximum atomic E-state index is 13.3. The van der Waals surface area contributed by atoms with Crippen LogP contribution in [-0.2, 0) is 16.0 Å². The van der Waals surface area contributed by atoms with E-state index in [9.17, 15) is 18.0 Å². The minimum atomic E-state index is -4.95. The van der Waals surface area contributed by atoms with E-state index in [2.05, 4.69) is 9.72 Å². The molecule has 22 heavy (non-hydrogen) atoms. The lowest BCUT2D eigenvalue weighted by molar-refractivity contribution is -0.205. The molecule has 0 radical (unpaired) electrons. The molecule has 0 bridgehead atoms. The number of nitrogens with zero attached hydrogens (tertiary/aromatic N) is 1. The molecule has 0 amide bonds. The third-order valence-corrected chi connectivity index (χ3v) is 3.35. The highest BCUT2D eigenvalue weighted by Gasteiger charge is 2.59. The molecule has 0 spiro atoms. The number of carbonyl (C=O) groups is 1. The number of halogens is 3. The van der Waals surface area contributed by atoms with Crippen LogP contribution in [0.5, 0.6) is 0 Å². The zero-order valence-corrected chi connectivity index (χ0v) is 11.9. The van der Waals surface area contributed by atoms with E-state index in [1.54, 1.807) is 30.3 Å². The second-order valence-corrected chi connectivity index (χ2v) is 4.85. The Morgan fingerprint density at radius 2 is 1.95 bits per heavy atom. The van der Waals surface area contributed by atoms with Crippen LogP contribution in [0.25, 0.3) is 10.8 Å². The van der Waals surface area contributed by atoms with E-state index in [-0.39, 0.29) is 12.3 Å². The largest absolute Gasteiger partial charge is 0.464 e. The first kappa shape index (κ1) is 16.2. The molecule has 1 atom stereocenters. The maximum Gasteiger partial charge on any atom is 0.417 e. The number of hydrogen-bond donors (Lipinski definition) is 1. The number of nitrogens with two attached hydrogens (primary N) is 1. The predicted molar refractivity (Wildman–Crippen MR) is 75.1 cm³/mol. The Kier molecular flexibility index (Phi) is 4.37. The lowest BCUT2D eigenvalue weighted by Gasteiger charge is -2.29. The van der Waals surface area contributed by atoms with Gasteiger partial charge in [-0.25, -0.2) is 4.79 Å². The molecule has 0 fully saturated rings. The summed E-state index contributed by atoms with van der Waals surface area (Å²) in [6, 6.07) is 8.51. The summed E-state index contributed by atoms with van der Waals surface area (Å²) in [6.07, 6.45) is -4.34. The number of rotatable bonds is 4. The molecule has 118 valence electrons. The van der Waals surface area contributed by atoms with Crippen LogP contribution in [0.1, 0.15) is 12.6 Å². The first-order valence-electron chi connectivity index (χ1n) is 6.65. The van der Waals surface area contributed by atoms with Gasteiger partial charge in [0.15, 0.2) is 0 Å². The van der Waals surface area contributed by atoms with Crippen molar-refractivity contribution >= 4 is 16.7 Å². The number of alkyl halides is 3. The quantitative estimate of drug-likeness (QED) is 0.881. The third kappa shape index (κ3) is 2.89. The van der Waals surface area contributed by atoms with Crippen molar-refractivity contribution in [2.45, 2.75) is 25.1 Å². The molecule has 0 unspecified atom stereocenters. The second-order valence-electron chi connectivity index (χ2n) is 4.85. The van der Waals surface area contributed by atoms with E-state index in [0.717, 1.165) is 5.39 Å². The molecule has 1 heterocycles. The molecule has 0 aliphatic carbocycles. The van der Waals surface area contributed by atoms with E-state index in [1.165, 1.54) is 13.1 Å². The maximum absolute atomic E-state index is 13.3. The van der Waals surface area contributed by atoms with Crippen LogP contribution in [-0.4, -0.2) is 29.3 Å². The first-order valence-corrected chi connectivity index (χ1v) is 6.65. The third-order valence-electron chi connectivity index (χ3n) is 3.35. The van der Waals surface area contributed by atoms with Gasteiger partial charge in [-0.05, 0) is 18.4 Å². The van der Waals surface area contributed by atoms with Crippen molar-refractivity contribution in [1.82, 2.24) is 4.98 Å². The highest BCUT2D eigenvalue weighted by atomic mass is 19.4. The van der Waals surface area contributed by atoms with Gasteiger partial charge in [0.25, 0.3) is 0 Å². The van der Waals surface area contributed by atoms with Crippen LogP contribution in [0.4, 0.5) is 13.2 Å². The summed E-state index contributed by atoms with van der Waals surface area (Å²) in [7, 11) is 0. The summed E-state index contributed by atoms with van der Waals surface area (Å²) in [4.78, 5) is 15.7. The molecule has 0 aliphatic rings. The van der Waals surface area contributed by atoms with Crippen LogP contribution < -0.4 is 5.73 Å². The highest BCUT2D eigenvalue weighted by Crippen LogP contribution is 2.33. The number of pyridine rings is 1. The van der Waals surface area contributed by atoms with Gasteiger partial charge in [-0.1, -0.05) is 24.3 Å². The average molecular weight is 312 g/mol. The topological polar surface area (TPSA) is 65.2 Å². The molecule has 1 aromatic heterocycles. The van der Waals surface area contributed by atoms with Gasteiger partial charge in [-0.2, -0.15) is 13.2 Å². The number of fused-ring (bicyclic) bond motifs is 1. The zero-order chi connectivity index (χ0) is 16.4. The van der Waals surface area contributed by atoms with Gasteiger partial charge in [0, 0.05) is 18.0 Å². The number of aromatic nitrogens is 1. The molecule has 0 saturated heterocycles. The molecular weight excluding hydrogens is 297 g/mol. The fourth-order valence-corrected chi connectivity index (χ4v) is 2.14. The number of esters is 1. The van der Waals surface area contributed by atoms with Crippen LogP contribution >= 0.6 is 0 Å². The average Bonchev–Trinajstić information content (AvgIpc) is 2.46. The van der Waals surface area contributed by atoms with E-state index >= 15 is 0 Å². The normalized spacial score (nSPS) is 14.6. The van der Waals surface area contributed by atoms with Crippen molar-refractivity contribution in [2.24, 2.45) is 5.73 Å². The summed E-state index contributed by atoms with van der Waals surface area (Å²) in [5, 5.41) is 1.24. The lowest BCUT2D eigenvalue weighted by atomic mass is 9.91. The predicted octanol–water partition coefficient (Wildman–Crippen LogP) is 2.60. The fraction of sp³-hybridized carbons (Fsp3) is 0.333. The van der Waals surface area contributed by atoms with Crippen molar-refractivity contribution in [2.75, 3.05) is 6.61 Å². The minimum absolute atomic E-state index is 0.103. The Morgan fingerprint density at radius 3 is 2.59 bits per heavy atom. The number of carbonyl (C=O) groups excluding carboxylic acids is 1. The zero-order valence-electron chi connectivity index (χ0n) is 11.9. The Hall–Kier alpha value is -2.15. The van der Waals surface area contributed by atoms with Gasteiger partial charge in [0.2, 0.25) is 5.54 Å². The van der Waals surface area contributed by atoms with Crippen LogP contribution in [0.3, 0.4) is 0 Å². The van der Waals surface area contributed by atoms with Crippen LogP contribution in [0.15, 0.2) is 36.5 Å². The smallest absolute Gasteiger partial charge is 0.417 e. The number of benzene rings is 1. The molecule has 2 aromatic rings. The molecule has 0 aliphatic heterocycles. The summed E-state index contributed by atoms with van der Waals surface area (Å²) >= 11 is 0. The molecule has 4 nitrogen and oxygen atoms in total. The molecule has 2 rings (SSSR count). The molecule has 7 heteroatoms. The Labute approximate surface area is 125 Å². The lowest BCUT2D eigenvalue weighted by Crippen LogP contribution is -2.62. The van der Waals surface area contributed by atoms with Crippen LogP contribution in [0, 0.1) is 0 Å². The Balaban J connectivity index is 2.48. The standard InChI is InChI=1S/C15H15F3N2O2/c1-2-22-13(21)14(19,15(16,17)18)9-12-11-6-4-3-5-10(11)7-8-20-12/h3-8H,2,9,19H2,1H3/t14-/m0/s1. The minimum Gasteiger partial charge on any atom is -0.464 e. The van der Waals surface area contributed by atoms with Gasteiger partial charge < -0.3 is 10.5 Å². The van der Waals surface area contributed by atoms with E-state index < -0.39 is 24.1 Å². The molecular formula is C15H15F3N2O2. The van der Waals surface area contributed by atoms with E-state index in [1.807, 2.05) is 0 Å². The van der Waals surface area contributed by atoms with Crippen molar-refractivity contribution in [3.05, 3.63) is 42.2 Å². The Morgan fingerprint density at radius 1 is 1.27 bits per heavy atom. The fourth-order valence-electron chi connectivity index (χ4n) is 2.14. The Bertz CT molecular complexity index is 683. The summed E-state index contributed by atoms with van der Waals surface area (Å²) in [6.45, 7) is 1.24. The number of ether oxygens (including phenoxy) is 1. The summed E-state index contributed by atoms with van der Waals surface area (Å²) < 4.78 is 44.4.